The molecule has 0 amide bonds. The first kappa shape index (κ1) is 8.23. The molecule has 0 saturated carbocycles. The topological polar surface area (TPSA) is 30.2 Å². The number of fused-ring (bicyclic) bond motifs is 1. The summed E-state index contributed by atoms with van der Waals surface area (Å²) < 4.78 is 1.93. The van der Waals surface area contributed by atoms with Crippen molar-refractivity contribution in [3.63, 3.8) is 0 Å². The lowest BCUT2D eigenvalue weighted by atomic mass is 10.3. The maximum atomic E-state index is 4.41. The largest absolute Gasteiger partial charge is 0.235 e. The zero-order chi connectivity index (χ0) is 9.26. The maximum absolute atomic E-state index is 4.41. The molecule has 0 N–H and O–H groups in total. The fraction of sp³-hybridized carbons (Fsp3) is 0.400. The molecule has 0 unspecified atom stereocenters. The van der Waals surface area contributed by atoms with Crippen LogP contribution in [0.15, 0.2) is 18.3 Å². The first-order valence-corrected chi connectivity index (χ1v) is 4.61. The second-order valence-corrected chi connectivity index (χ2v) is 3.24. The van der Waals surface area contributed by atoms with Crippen molar-refractivity contribution in [2.45, 2.75) is 26.7 Å². The van der Waals surface area contributed by atoms with Gasteiger partial charge in [-0.05, 0) is 25.5 Å². The highest BCUT2D eigenvalue weighted by atomic mass is 15.3. The van der Waals surface area contributed by atoms with E-state index in [4.69, 9.17) is 0 Å². The van der Waals surface area contributed by atoms with Gasteiger partial charge in [0.25, 0.3) is 0 Å². The summed E-state index contributed by atoms with van der Waals surface area (Å²) >= 11 is 0. The lowest BCUT2D eigenvalue weighted by Crippen LogP contribution is -1.98. The summed E-state index contributed by atoms with van der Waals surface area (Å²) in [4.78, 5) is 4.28. The number of imidazole rings is 1. The Hall–Kier alpha value is -1.38. The van der Waals surface area contributed by atoms with Crippen LogP contribution in [-0.4, -0.2) is 14.6 Å². The summed E-state index contributed by atoms with van der Waals surface area (Å²) in [5.74, 6) is 0. The quantitative estimate of drug-likeness (QED) is 0.698. The van der Waals surface area contributed by atoms with Crippen molar-refractivity contribution in [1.29, 1.82) is 0 Å². The van der Waals surface area contributed by atoms with Crippen LogP contribution in [-0.2, 0) is 6.42 Å². The van der Waals surface area contributed by atoms with Gasteiger partial charge in [0.05, 0.1) is 17.6 Å². The maximum Gasteiger partial charge on any atom is 0.153 e. The first-order chi connectivity index (χ1) is 6.31. The first-order valence-electron chi connectivity index (χ1n) is 4.61. The Balaban J connectivity index is 2.58. The van der Waals surface area contributed by atoms with Crippen LogP contribution in [0.1, 0.15) is 24.7 Å². The van der Waals surface area contributed by atoms with Gasteiger partial charge in [0, 0.05) is 0 Å². The number of hydrogen-bond acceptors (Lipinski definition) is 2. The number of aryl methyl sites for hydroxylation is 2. The van der Waals surface area contributed by atoms with Crippen LogP contribution < -0.4 is 0 Å². The number of nitrogens with zero attached hydrogens (tertiary/aromatic N) is 3. The van der Waals surface area contributed by atoms with Gasteiger partial charge < -0.3 is 0 Å². The molecule has 0 aromatic carbocycles. The molecule has 2 aromatic rings. The molecule has 0 saturated heterocycles. The average Bonchev–Trinajstić information content (AvgIpc) is 2.49. The molecule has 0 bridgehead atoms. The van der Waals surface area contributed by atoms with Crippen molar-refractivity contribution in [1.82, 2.24) is 14.6 Å². The predicted octanol–water partition coefficient (Wildman–Crippen LogP) is 1.99. The fourth-order valence-electron chi connectivity index (χ4n) is 1.44. The molecule has 0 spiro atoms. The van der Waals surface area contributed by atoms with E-state index in [1.807, 2.05) is 29.8 Å². The predicted molar refractivity (Wildman–Crippen MR) is 51.7 cm³/mol. The molecule has 13 heavy (non-hydrogen) atoms. The Morgan fingerprint density at radius 1 is 1.38 bits per heavy atom. The van der Waals surface area contributed by atoms with Crippen LogP contribution in [0.25, 0.3) is 5.65 Å². The molecule has 0 aliphatic heterocycles. The van der Waals surface area contributed by atoms with Crippen molar-refractivity contribution < 1.29 is 0 Å². The van der Waals surface area contributed by atoms with Crippen molar-refractivity contribution >= 4 is 5.65 Å². The molecule has 2 rings (SSSR count). The summed E-state index contributed by atoms with van der Waals surface area (Å²) in [6, 6.07) is 3.99. The average molecular weight is 175 g/mol. The zero-order valence-corrected chi connectivity index (χ0v) is 7.99. The normalized spacial score (nSPS) is 10.9. The van der Waals surface area contributed by atoms with E-state index in [-0.39, 0.29) is 0 Å². The van der Waals surface area contributed by atoms with E-state index in [0.717, 1.165) is 24.2 Å². The van der Waals surface area contributed by atoms with Crippen LogP contribution in [0, 0.1) is 6.92 Å². The van der Waals surface area contributed by atoms with E-state index in [0.29, 0.717) is 0 Å². The van der Waals surface area contributed by atoms with Gasteiger partial charge >= 0.3 is 0 Å². The van der Waals surface area contributed by atoms with Gasteiger partial charge in [-0.2, -0.15) is 5.10 Å². The molecular formula is C10H13N3. The second-order valence-electron chi connectivity index (χ2n) is 3.24. The van der Waals surface area contributed by atoms with Gasteiger partial charge in [0.1, 0.15) is 0 Å². The van der Waals surface area contributed by atoms with Gasteiger partial charge in [-0.25, -0.2) is 9.50 Å². The Morgan fingerprint density at radius 2 is 2.23 bits per heavy atom. The lowest BCUT2D eigenvalue weighted by molar-refractivity contribution is 0.794. The highest BCUT2D eigenvalue weighted by Gasteiger charge is 2.02. The SMILES string of the molecule is CCCc1cnc2ccc(C)nn12. The summed E-state index contributed by atoms with van der Waals surface area (Å²) in [6.07, 6.45) is 4.08. The van der Waals surface area contributed by atoms with E-state index in [1.54, 1.807) is 0 Å². The Labute approximate surface area is 77.4 Å². The fourth-order valence-corrected chi connectivity index (χ4v) is 1.44. The van der Waals surface area contributed by atoms with Gasteiger partial charge in [-0.3, -0.25) is 0 Å². The lowest BCUT2D eigenvalue weighted by Gasteiger charge is -1.98. The molecule has 0 fully saturated rings. The second kappa shape index (κ2) is 3.17. The van der Waals surface area contributed by atoms with Gasteiger partial charge in [0.15, 0.2) is 5.65 Å². The molecule has 0 radical (unpaired) electrons. The number of rotatable bonds is 2. The highest BCUT2D eigenvalue weighted by Crippen LogP contribution is 2.07. The number of hydrogen-bond donors (Lipinski definition) is 0. The van der Waals surface area contributed by atoms with Crippen LogP contribution in [0.5, 0.6) is 0 Å². The minimum absolute atomic E-state index is 0.939. The minimum Gasteiger partial charge on any atom is -0.235 e. The monoisotopic (exact) mass is 175 g/mol. The molecule has 0 aliphatic carbocycles. The van der Waals surface area contributed by atoms with E-state index >= 15 is 0 Å². The van der Waals surface area contributed by atoms with Gasteiger partial charge in [0.2, 0.25) is 0 Å². The summed E-state index contributed by atoms with van der Waals surface area (Å²) in [5.41, 5.74) is 3.16. The van der Waals surface area contributed by atoms with E-state index in [2.05, 4.69) is 17.0 Å². The number of aromatic nitrogens is 3. The minimum atomic E-state index is 0.939. The zero-order valence-electron chi connectivity index (χ0n) is 7.99. The summed E-state index contributed by atoms with van der Waals surface area (Å²) in [6.45, 7) is 4.16. The van der Waals surface area contributed by atoms with E-state index in [1.165, 1.54) is 5.69 Å². The summed E-state index contributed by atoms with van der Waals surface area (Å²) in [5, 5.41) is 4.41. The van der Waals surface area contributed by atoms with Crippen LogP contribution in [0.4, 0.5) is 0 Å². The van der Waals surface area contributed by atoms with Crippen LogP contribution >= 0.6 is 0 Å². The van der Waals surface area contributed by atoms with Crippen molar-refractivity contribution in [3.8, 4) is 0 Å². The molecule has 3 heteroatoms. The third kappa shape index (κ3) is 1.41. The third-order valence-corrected chi connectivity index (χ3v) is 2.07. The Kier molecular flexibility index (Phi) is 2.00. The molecule has 3 nitrogen and oxygen atoms in total. The van der Waals surface area contributed by atoms with Crippen molar-refractivity contribution in [2.24, 2.45) is 0 Å². The van der Waals surface area contributed by atoms with Crippen molar-refractivity contribution in [3.05, 3.63) is 29.7 Å². The molecule has 2 aromatic heterocycles. The summed E-state index contributed by atoms with van der Waals surface area (Å²) in [7, 11) is 0. The Bertz CT molecular complexity index is 417. The standard InChI is InChI=1S/C10H13N3/c1-3-4-9-7-11-10-6-5-8(2)12-13(9)10/h5-7H,3-4H2,1-2H3. The molecule has 2 heterocycles. The highest BCUT2D eigenvalue weighted by molar-refractivity contribution is 5.38. The third-order valence-electron chi connectivity index (χ3n) is 2.07. The van der Waals surface area contributed by atoms with Crippen molar-refractivity contribution in [2.75, 3.05) is 0 Å². The van der Waals surface area contributed by atoms with E-state index < -0.39 is 0 Å². The van der Waals surface area contributed by atoms with E-state index in [9.17, 15) is 0 Å². The molecule has 0 atom stereocenters. The molecule has 68 valence electrons. The van der Waals surface area contributed by atoms with Gasteiger partial charge in [-0.15, -0.1) is 0 Å². The van der Waals surface area contributed by atoms with Crippen LogP contribution in [0.2, 0.25) is 0 Å². The molecular weight excluding hydrogens is 162 g/mol. The Morgan fingerprint density at radius 3 is 3.00 bits per heavy atom. The van der Waals surface area contributed by atoms with Crippen LogP contribution in [0.3, 0.4) is 0 Å². The molecule has 0 aliphatic rings. The smallest absolute Gasteiger partial charge is 0.153 e. The van der Waals surface area contributed by atoms with Gasteiger partial charge in [-0.1, -0.05) is 13.3 Å².